The van der Waals surface area contributed by atoms with Crippen molar-refractivity contribution in [2.24, 2.45) is 0 Å². The number of anilines is 3. The van der Waals surface area contributed by atoms with Crippen molar-refractivity contribution in [1.82, 2.24) is 4.57 Å². The molecule has 2 heteroatoms. The van der Waals surface area contributed by atoms with Crippen LogP contribution in [0.5, 0.6) is 0 Å². The summed E-state index contributed by atoms with van der Waals surface area (Å²) >= 11 is 0. The first-order valence-electron chi connectivity index (χ1n) is 19.0. The molecule has 0 spiro atoms. The van der Waals surface area contributed by atoms with Crippen LogP contribution in [0.2, 0.25) is 0 Å². The number of para-hydroxylation sites is 2. The van der Waals surface area contributed by atoms with E-state index in [9.17, 15) is 0 Å². The summed E-state index contributed by atoms with van der Waals surface area (Å²) in [6.07, 6.45) is 0. The van der Waals surface area contributed by atoms with Gasteiger partial charge in [-0.05, 0) is 104 Å². The number of fused-ring (bicyclic) bond motifs is 11. The van der Waals surface area contributed by atoms with Crippen LogP contribution in [0, 0.1) is 0 Å². The maximum atomic E-state index is 2.51. The minimum absolute atomic E-state index is 0.0983. The van der Waals surface area contributed by atoms with Gasteiger partial charge in [0.05, 0.1) is 16.7 Å². The fourth-order valence-corrected chi connectivity index (χ4v) is 10.4. The van der Waals surface area contributed by atoms with Crippen molar-refractivity contribution in [3.05, 3.63) is 179 Å². The third kappa shape index (κ3) is 3.88. The van der Waals surface area contributed by atoms with E-state index in [0.29, 0.717) is 0 Å². The van der Waals surface area contributed by atoms with Crippen LogP contribution in [0.15, 0.2) is 146 Å². The largest absolute Gasteiger partial charge is 0.310 e. The Morgan fingerprint density at radius 1 is 0.377 bits per heavy atom. The van der Waals surface area contributed by atoms with Gasteiger partial charge in [-0.25, -0.2) is 0 Å². The van der Waals surface area contributed by atoms with E-state index < -0.39 is 0 Å². The molecular formula is C51H42N2. The summed E-state index contributed by atoms with van der Waals surface area (Å²) in [5.41, 5.74) is 20.7. The van der Waals surface area contributed by atoms with E-state index in [4.69, 9.17) is 0 Å². The number of benzene rings is 7. The summed E-state index contributed by atoms with van der Waals surface area (Å²) in [5, 5.41) is 2.58. The van der Waals surface area contributed by atoms with E-state index >= 15 is 0 Å². The fourth-order valence-electron chi connectivity index (χ4n) is 10.4. The molecule has 0 fully saturated rings. The van der Waals surface area contributed by atoms with E-state index in [1.54, 1.807) is 0 Å². The van der Waals surface area contributed by atoms with Gasteiger partial charge in [0.25, 0.3) is 0 Å². The minimum atomic E-state index is -0.0988. The van der Waals surface area contributed by atoms with Crippen LogP contribution in [0.25, 0.3) is 49.7 Å². The standard InChI is InChI=1S/C51H42N2/c1-49(2)40-17-9-7-14-34(40)36-25-22-32(29-44(36)49)52(33-23-26-37-35-15-8-10-18-41(35)50(3,4)45(37)30-33)31-24-27-46-39(28-31)38-16-13-20-43-48(38)53(46)47-21-12-11-19-42(47)51(43,5)6/h7-30H,1-6H3. The Kier molecular flexibility index (Phi) is 5.90. The predicted octanol–water partition coefficient (Wildman–Crippen LogP) is 13.5. The van der Waals surface area contributed by atoms with Gasteiger partial charge in [0, 0.05) is 44.1 Å². The lowest BCUT2D eigenvalue weighted by atomic mass is 9.75. The van der Waals surface area contributed by atoms with E-state index in [2.05, 4.69) is 197 Å². The number of hydrogen-bond acceptors (Lipinski definition) is 1. The molecule has 0 unspecified atom stereocenters. The highest BCUT2D eigenvalue weighted by Crippen LogP contribution is 2.54. The molecule has 0 atom stereocenters. The Balaban J connectivity index is 1.17. The van der Waals surface area contributed by atoms with Crippen molar-refractivity contribution < 1.29 is 0 Å². The molecule has 0 saturated heterocycles. The molecule has 0 saturated carbocycles. The highest BCUT2D eigenvalue weighted by atomic mass is 15.1. The Morgan fingerprint density at radius 2 is 0.849 bits per heavy atom. The summed E-state index contributed by atoms with van der Waals surface area (Å²) in [4.78, 5) is 2.50. The predicted molar refractivity (Wildman–Crippen MR) is 223 cm³/mol. The van der Waals surface area contributed by atoms with Gasteiger partial charge in [-0.15, -0.1) is 0 Å². The lowest BCUT2D eigenvalue weighted by Crippen LogP contribution is -2.26. The Bertz CT molecular complexity index is 2770. The van der Waals surface area contributed by atoms with Crippen molar-refractivity contribution in [2.75, 3.05) is 4.90 Å². The van der Waals surface area contributed by atoms with Gasteiger partial charge >= 0.3 is 0 Å². The molecule has 0 radical (unpaired) electrons. The van der Waals surface area contributed by atoms with Gasteiger partial charge in [-0.2, -0.15) is 0 Å². The fraction of sp³-hybridized carbons (Fsp3) is 0.176. The van der Waals surface area contributed by atoms with Gasteiger partial charge in [-0.1, -0.05) is 139 Å². The first-order chi connectivity index (χ1) is 25.6. The molecule has 1 aliphatic heterocycles. The van der Waals surface area contributed by atoms with Gasteiger partial charge in [0.1, 0.15) is 0 Å². The third-order valence-electron chi connectivity index (χ3n) is 13.2. The molecule has 2 nitrogen and oxygen atoms in total. The van der Waals surface area contributed by atoms with Crippen molar-refractivity contribution >= 4 is 38.9 Å². The molecule has 53 heavy (non-hydrogen) atoms. The number of rotatable bonds is 3. The van der Waals surface area contributed by atoms with E-state index in [1.807, 2.05) is 0 Å². The molecule has 0 amide bonds. The van der Waals surface area contributed by atoms with Crippen molar-refractivity contribution in [1.29, 1.82) is 0 Å². The monoisotopic (exact) mass is 682 g/mol. The van der Waals surface area contributed by atoms with Crippen LogP contribution >= 0.6 is 0 Å². The van der Waals surface area contributed by atoms with Gasteiger partial charge in [0.15, 0.2) is 0 Å². The second kappa shape index (κ2) is 10.2. The second-order valence-electron chi connectivity index (χ2n) is 17.0. The van der Waals surface area contributed by atoms with Crippen LogP contribution in [-0.2, 0) is 16.2 Å². The highest BCUT2D eigenvalue weighted by molar-refractivity contribution is 6.13. The lowest BCUT2D eigenvalue weighted by molar-refractivity contribution is 0.630. The van der Waals surface area contributed by atoms with Gasteiger partial charge in [0.2, 0.25) is 0 Å². The molecule has 3 aliphatic rings. The highest BCUT2D eigenvalue weighted by Gasteiger charge is 2.39. The molecule has 11 rings (SSSR count). The average Bonchev–Trinajstić information content (AvgIpc) is 3.71. The second-order valence-corrected chi connectivity index (χ2v) is 17.0. The first kappa shape index (κ1) is 30.7. The SMILES string of the molecule is CC1(C)c2ccccc2-c2ccc(N(c3ccc4c(c3)C(C)(C)c3ccccc3-4)c3ccc4c(c3)c3cccc5c3n4-c3ccccc3C5(C)C)cc21. The third-order valence-corrected chi connectivity index (χ3v) is 13.2. The van der Waals surface area contributed by atoms with Crippen LogP contribution in [-0.4, -0.2) is 4.57 Å². The molecule has 0 bridgehead atoms. The van der Waals surface area contributed by atoms with Crippen molar-refractivity contribution in [2.45, 2.75) is 57.8 Å². The van der Waals surface area contributed by atoms with Crippen molar-refractivity contribution in [3.8, 4) is 27.9 Å². The van der Waals surface area contributed by atoms with E-state index in [-0.39, 0.29) is 16.2 Å². The molecule has 7 aromatic carbocycles. The smallest absolute Gasteiger partial charge is 0.0582 e. The lowest BCUT2D eigenvalue weighted by Gasteiger charge is -2.34. The molecular weight excluding hydrogens is 641 g/mol. The number of hydrogen-bond donors (Lipinski definition) is 0. The Hall–Kier alpha value is -5.86. The average molecular weight is 683 g/mol. The summed E-state index contributed by atoms with van der Waals surface area (Å²) in [6.45, 7) is 14.2. The number of nitrogens with zero attached hydrogens (tertiary/aromatic N) is 2. The molecule has 0 N–H and O–H groups in total. The maximum Gasteiger partial charge on any atom is 0.0582 e. The summed E-state index contributed by atoms with van der Waals surface area (Å²) < 4.78 is 2.51. The summed E-state index contributed by atoms with van der Waals surface area (Å²) in [6, 6.07) is 55.2. The summed E-state index contributed by atoms with van der Waals surface area (Å²) in [5.74, 6) is 0. The quantitative estimate of drug-likeness (QED) is 0.180. The Labute approximate surface area is 312 Å². The van der Waals surface area contributed by atoms with Crippen LogP contribution in [0.1, 0.15) is 74.9 Å². The maximum absolute atomic E-state index is 2.51. The number of aromatic nitrogens is 1. The molecule has 256 valence electrons. The normalized spacial score (nSPS) is 16.2. The minimum Gasteiger partial charge on any atom is -0.310 e. The van der Waals surface area contributed by atoms with E-state index in [1.165, 1.54) is 94.5 Å². The van der Waals surface area contributed by atoms with Gasteiger partial charge in [-0.3, -0.25) is 0 Å². The van der Waals surface area contributed by atoms with Gasteiger partial charge < -0.3 is 9.47 Å². The molecule has 2 aliphatic carbocycles. The molecule has 2 heterocycles. The zero-order chi connectivity index (χ0) is 36.0. The van der Waals surface area contributed by atoms with Crippen LogP contribution in [0.4, 0.5) is 17.1 Å². The van der Waals surface area contributed by atoms with Crippen LogP contribution < -0.4 is 4.90 Å². The zero-order valence-electron chi connectivity index (χ0n) is 31.3. The van der Waals surface area contributed by atoms with E-state index in [0.717, 1.165) is 5.69 Å². The van der Waals surface area contributed by atoms with Crippen LogP contribution in [0.3, 0.4) is 0 Å². The summed E-state index contributed by atoms with van der Waals surface area (Å²) in [7, 11) is 0. The Morgan fingerprint density at radius 3 is 1.47 bits per heavy atom. The zero-order valence-corrected chi connectivity index (χ0v) is 31.3. The van der Waals surface area contributed by atoms with Crippen molar-refractivity contribution in [3.63, 3.8) is 0 Å². The first-order valence-corrected chi connectivity index (χ1v) is 19.0. The molecule has 8 aromatic rings. The topological polar surface area (TPSA) is 8.17 Å². The molecule has 1 aromatic heterocycles.